The van der Waals surface area contributed by atoms with Crippen LogP contribution in [-0.4, -0.2) is 41.6 Å². The van der Waals surface area contributed by atoms with Crippen molar-refractivity contribution in [1.29, 1.82) is 0 Å². The third-order valence-electron chi connectivity index (χ3n) is 5.13. The summed E-state index contributed by atoms with van der Waals surface area (Å²) in [6, 6.07) is 10.8. The number of hydrogen-bond acceptors (Lipinski definition) is 8. The van der Waals surface area contributed by atoms with Gasteiger partial charge >= 0.3 is 0 Å². The fourth-order valence-corrected chi connectivity index (χ4v) is 3.93. The monoisotopic (exact) mass is 484 g/mol. The molecule has 2 aromatic heterocycles. The maximum atomic E-state index is 13.4. The minimum Gasteiger partial charge on any atom is -0.363 e. The number of hydrogen-bond donors (Lipinski definition) is 3. The number of benzene rings is 2. The highest BCUT2D eigenvalue weighted by molar-refractivity contribution is 7.86. The first-order chi connectivity index (χ1) is 16.3. The quantitative estimate of drug-likeness (QED) is 0.325. The van der Waals surface area contributed by atoms with Gasteiger partial charge in [-0.3, -0.25) is 14.1 Å². The van der Waals surface area contributed by atoms with Crippen molar-refractivity contribution in [3.8, 4) is 0 Å². The van der Waals surface area contributed by atoms with Crippen molar-refractivity contribution in [2.75, 3.05) is 12.4 Å². The van der Waals surface area contributed by atoms with Crippen LogP contribution in [0.5, 0.6) is 0 Å². The van der Waals surface area contributed by atoms with Crippen LogP contribution in [0, 0.1) is 12.7 Å². The van der Waals surface area contributed by atoms with E-state index in [0.29, 0.717) is 29.0 Å². The molecule has 34 heavy (non-hydrogen) atoms. The number of fused-ring (bicyclic) bond motifs is 1. The average molecular weight is 485 g/mol. The van der Waals surface area contributed by atoms with Crippen LogP contribution in [0.4, 0.5) is 10.2 Å². The minimum atomic E-state index is -3.75. The van der Waals surface area contributed by atoms with Crippen molar-refractivity contribution in [3.63, 3.8) is 0 Å². The Labute approximate surface area is 194 Å². The molecule has 0 saturated carbocycles. The van der Waals surface area contributed by atoms with E-state index in [0.717, 1.165) is 18.2 Å². The molecule has 0 aliphatic heterocycles. The molecule has 0 fully saturated rings. The maximum absolute atomic E-state index is 13.4. The van der Waals surface area contributed by atoms with Crippen LogP contribution in [0.3, 0.4) is 0 Å². The topological polar surface area (TPSA) is 139 Å². The molecular weight excluding hydrogens is 463 g/mol. The molecule has 0 unspecified atom stereocenters. The summed E-state index contributed by atoms with van der Waals surface area (Å²) in [5.74, 6) is -0.324. The summed E-state index contributed by atoms with van der Waals surface area (Å²) in [7, 11) is -2.65. The Kier molecular flexibility index (Phi) is 6.52. The van der Waals surface area contributed by atoms with E-state index in [2.05, 4.69) is 35.0 Å². The van der Waals surface area contributed by atoms with Crippen molar-refractivity contribution in [2.24, 2.45) is 0 Å². The van der Waals surface area contributed by atoms with Gasteiger partial charge in [0.1, 0.15) is 23.2 Å². The summed E-state index contributed by atoms with van der Waals surface area (Å²) in [6.07, 6.45) is 1.27. The van der Waals surface area contributed by atoms with E-state index in [9.17, 15) is 17.6 Å². The van der Waals surface area contributed by atoms with E-state index >= 15 is 0 Å². The molecule has 0 atom stereocenters. The fourth-order valence-electron chi connectivity index (χ4n) is 3.27. The van der Waals surface area contributed by atoms with Crippen LogP contribution in [-0.2, 0) is 27.4 Å². The molecular formula is C22H21FN6O4S. The predicted molar refractivity (Wildman–Crippen MR) is 122 cm³/mol. The van der Waals surface area contributed by atoms with Crippen LogP contribution >= 0.6 is 0 Å². The Hall–Kier alpha value is -3.90. The third-order valence-corrected chi connectivity index (χ3v) is 6.42. The van der Waals surface area contributed by atoms with Crippen LogP contribution in [0.15, 0.2) is 53.7 Å². The van der Waals surface area contributed by atoms with Gasteiger partial charge in [-0.2, -0.15) is 13.5 Å². The number of anilines is 1. The van der Waals surface area contributed by atoms with Crippen molar-refractivity contribution >= 4 is 32.9 Å². The largest absolute Gasteiger partial charge is 0.363 e. The summed E-state index contributed by atoms with van der Waals surface area (Å²) >= 11 is 0. The third kappa shape index (κ3) is 4.87. The van der Waals surface area contributed by atoms with Gasteiger partial charge in [-0.25, -0.2) is 14.4 Å². The molecule has 1 amide bonds. The van der Waals surface area contributed by atoms with Gasteiger partial charge in [0.2, 0.25) is 0 Å². The van der Waals surface area contributed by atoms with E-state index in [-0.39, 0.29) is 23.0 Å². The number of nitrogens with one attached hydrogen (secondary N) is 3. The zero-order valence-electron chi connectivity index (χ0n) is 18.3. The molecule has 4 aromatic rings. The van der Waals surface area contributed by atoms with Crippen LogP contribution < -0.4 is 10.6 Å². The lowest BCUT2D eigenvalue weighted by atomic mass is 10.1. The van der Waals surface area contributed by atoms with Crippen LogP contribution in [0.25, 0.3) is 11.0 Å². The highest BCUT2D eigenvalue weighted by atomic mass is 32.2. The van der Waals surface area contributed by atoms with Crippen LogP contribution in [0.1, 0.15) is 27.2 Å². The predicted octanol–water partition coefficient (Wildman–Crippen LogP) is 2.68. The van der Waals surface area contributed by atoms with Gasteiger partial charge in [0.15, 0.2) is 11.5 Å². The van der Waals surface area contributed by atoms with Gasteiger partial charge < -0.3 is 10.6 Å². The summed E-state index contributed by atoms with van der Waals surface area (Å²) < 4.78 is 41.4. The Morgan fingerprint density at radius 2 is 1.82 bits per heavy atom. The van der Waals surface area contributed by atoms with E-state index < -0.39 is 16.0 Å². The van der Waals surface area contributed by atoms with E-state index in [1.165, 1.54) is 24.5 Å². The van der Waals surface area contributed by atoms with Gasteiger partial charge in [-0.15, -0.1) is 0 Å². The summed E-state index contributed by atoms with van der Waals surface area (Å²) in [4.78, 5) is 21.0. The number of carbonyl (C=O) groups is 1. The smallest absolute Gasteiger partial charge is 0.296 e. The Bertz CT molecular complexity index is 1450. The number of carbonyl (C=O) groups excluding carboxylic acids is 1. The molecule has 0 saturated heterocycles. The van der Waals surface area contributed by atoms with Crippen molar-refractivity contribution in [2.45, 2.75) is 24.9 Å². The molecule has 2 heterocycles. The number of aryl methyl sites for hydroxylation is 1. The first-order valence-corrected chi connectivity index (χ1v) is 11.5. The lowest BCUT2D eigenvalue weighted by Crippen LogP contribution is -2.24. The van der Waals surface area contributed by atoms with Gasteiger partial charge in [-0.1, -0.05) is 24.3 Å². The number of halogens is 1. The summed E-state index contributed by atoms with van der Waals surface area (Å²) in [6.45, 7) is 2.20. The molecule has 0 aliphatic carbocycles. The van der Waals surface area contributed by atoms with E-state index in [1.807, 2.05) is 0 Å². The van der Waals surface area contributed by atoms with Crippen molar-refractivity contribution in [3.05, 3.63) is 77.0 Å². The first kappa shape index (κ1) is 23.3. The number of aromatic nitrogens is 4. The summed E-state index contributed by atoms with van der Waals surface area (Å²) in [5, 5.41) is 12.8. The number of H-pyrrole nitrogens is 1. The van der Waals surface area contributed by atoms with Crippen molar-refractivity contribution in [1.82, 2.24) is 25.5 Å². The molecule has 176 valence electrons. The lowest BCUT2D eigenvalue weighted by Gasteiger charge is -2.07. The molecule has 0 spiro atoms. The average Bonchev–Trinajstić information content (AvgIpc) is 3.26. The second kappa shape index (κ2) is 9.53. The molecule has 12 heteroatoms. The number of aromatic amines is 1. The van der Waals surface area contributed by atoms with Gasteiger partial charge in [0.05, 0.1) is 12.0 Å². The minimum absolute atomic E-state index is 0.0585. The highest BCUT2D eigenvalue weighted by Crippen LogP contribution is 2.21. The van der Waals surface area contributed by atoms with Crippen molar-refractivity contribution < 1.29 is 21.8 Å². The van der Waals surface area contributed by atoms with Crippen LogP contribution in [0.2, 0.25) is 0 Å². The number of nitrogens with zero attached hydrogens (tertiary/aromatic N) is 3. The highest BCUT2D eigenvalue weighted by Gasteiger charge is 2.18. The molecule has 10 nitrogen and oxygen atoms in total. The van der Waals surface area contributed by atoms with E-state index in [1.54, 1.807) is 31.2 Å². The number of rotatable bonds is 8. The molecule has 0 bridgehead atoms. The molecule has 0 aliphatic rings. The fraction of sp³-hybridized carbons (Fsp3) is 0.182. The van der Waals surface area contributed by atoms with Gasteiger partial charge in [-0.05, 0) is 41.8 Å². The maximum Gasteiger partial charge on any atom is 0.296 e. The lowest BCUT2D eigenvalue weighted by molar-refractivity contribution is 0.0947. The number of amides is 1. The van der Waals surface area contributed by atoms with E-state index in [4.69, 9.17) is 0 Å². The Morgan fingerprint density at radius 3 is 2.53 bits per heavy atom. The second-order valence-corrected chi connectivity index (χ2v) is 9.12. The Morgan fingerprint density at radius 1 is 1.09 bits per heavy atom. The molecule has 0 radical (unpaired) electrons. The van der Waals surface area contributed by atoms with Gasteiger partial charge in [0.25, 0.3) is 16.0 Å². The summed E-state index contributed by atoms with van der Waals surface area (Å²) in [5.41, 5.74) is 2.96. The second-order valence-electron chi connectivity index (χ2n) is 7.40. The molecule has 4 rings (SSSR count). The molecule has 2 aromatic carbocycles. The Balaban J connectivity index is 1.46. The normalized spacial score (nSPS) is 11.5. The molecule has 3 N–H and O–H groups in total. The first-order valence-electron chi connectivity index (χ1n) is 10.1. The SMILES string of the molecule is COS(=O)(=O)c1ccc(CNc2n[nH]c3c(C(=O)NCc4ccc(F)c(C)c4)ncnc23)cc1. The zero-order chi connectivity index (χ0) is 24.3. The zero-order valence-corrected chi connectivity index (χ0v) is 19.1. The van der Waals surface area contributed by atoms with Gasteiger partial charge in [0, 0.05) is 13.1 Å². The standard InChI is InChI=1S/C22H21FN6O4S/c1-13-9-15(5-8-17(13)23)11-25-22(30)20-18-19(26-12-27-20)21(29-28-18)24-10-14-3-6-16(7-4-14)34(31,32)33-2/h3-9,12H,10-11H2,1-2H3,(H,25,30)(H2,24,28,29).